The molecule has 0 atom stereocenters. The lowest BCUT2D eigenvalue weighted by Gasteiger charge is -2.02. The monoisotopic (exact) mass is 314 g/mol. The summed E-state index contributed by atoms with van der Waals surface area (Å²) in [5, 5.41) is 9.03. The van der Waals surface area contributed by atoms with Gasteiger partial charge in [-0.3, -0.25) is 0 Å². The molecular weight excluding hydrogens is 308 g/mol. The van der Waals surface area contributed by atoms with E-state index in [9.17, 15) is 4.79 Å². The highest BCUT2D eigenvalue weighted by Crippen LogP contribution is 2.36. The summed E-state index contributed by atoms with van der Waals surface area (Å²) in [6, 6.07) is 10.9. The van der Waals surface area contributed by atoms with E-state index in [-0.39, 0.29) is 0 Å². The number of halogens is 1. The third kappa shape index (κ3) is 2.66. The first-order valence-corrected chi connectivity index (χ1v) is 6.85. The lowest BCUT2D eigenvalue weighted by Crippen LogP contribution is -1.97. The number of benzene rings is 1. The number of hydrogen-bond acceptors (Lipinski definition) is 3. The summed E-state index contributed by atoms with van der Waals surface area (Å²) in [7, 11) is 0. The summed E-state index contributed by atoms with van der Waals surface area (Å²) in [5.74, 6) is -0.890. The van der Waals surface area contributed by atoms with E-state index in [0.717, 1.165) is 12.9 Å². The van der Waals surface area contributed by atoms with Crippen molar-refractivity contribution in [1.82, 2.24) is 0 Å². The van der Waals surface area contributed by atoms with Crippen molar-refractivity contribution >= 4 is 45.0 Å². The van der Waals surface area contributed by atoms with Crippen LogP contribution >= 0.6 is 39.0 Å². The SMILES string of the molecule is O=C(O)c1ccccc1Sc1ccc(Br)s1. The van der Waals surface area contributed by atoms with Crippen molar-refractivity contribution in [2.75, 3.05) is 0 Å². The van der Waals surface area contributed by atoms with Crippen molar-refractivity contribution in [3.05, 3.63) is 45.7 Å². The van der Waals surface area contributed by atoms with Gasteiger partial charge >= 0.3 is 5.97 Å². The van der Waals surface area contributed by atoms with Crippen LogP contribution in [0.3, 0.4) is 0 Å². The van der Waals surface area contributed by atoms with E-state index in [2.05, 4.69) is 15.9 Å². The van der Waals surface area contributed by atoms with Crippen LogP contribution in [0.15, 0.2) is 49.3 Å². The average molecular weight is 315 g/mol. The zero-order chi connectivity index (χ0) is 11.5. The highest BCUT2D eigenvalue weighted by molar-refractivity contribution is 9.11. The Labute approximate surface area is 109 Å². The van der Waals surface area contributed by atoms with Crippen LogP contribution < -0.4 is 0 Å². The van der Waals surface area contributed by atoms with Gasteiger partial charge < -0.3 is 5.11 Å². The van der Waals surface area contributed by atoms with Crippen LogP contribution in [-0.4, -0.2) is 11.1 Å². The normalized spacial score (nSPS) is 10.3. The van der Waals surface area contributed by atoms with Gasteiger partial charge in [0.2, 0.25) is 0 Å². The number of carbonyl (C=O) groups is 1. The molecular formula is C11H7BrO2S2. The molecule has 0 unspecified atom stereocenters. The van der Waals surface area contributed by atoms with Gasteiger partial charge in [0.25, 0.3) is 0 Å². The van der Waals surface area contributed by atoms with Gasteiger partial charge in [0, 0.05) is 4.90 Å². The second kappa shape index (κ2) is 5.03. The molecule has 0 aliphatic carbocycles. The Morgan fingerprint density at radius 1 is 1.25 bits per heavy atom. The van der Waals surface area contributed by atoms with Crippen molar-refractivity contribution in [3.8, 4) is 0 Å². The number of rotatable bonds is 3. The number of thiophene rings is 1. The third-order valence-corrected chi connectivity index (χ3v) is 4.71. The minimum absolute atomic E-state index is 0.344. The number of carboxylic acid groups (broad SMARTS) is 1. The lowest BCUT2D eigenvalue weighted by molar-refractivity contribution is 0.0693. The van der Waals surface area contributed by atoms with Gasteiger partial charge in [0.05, 0.1) is 13.6 Å². The zero-order valence-corrected chi connectivity index (χ0v) is 11.2. The highest BCUT2D eigenvalue weighted by Gasteiger charge is 2.10. The first kappa shape index (κ1) is 11.7. The van der Waals surface area contributed by atoms with Gasteiger partial charge in [-0.25, -0.2) is 4.79 Å². The maximum absolute atomic E-state index is 11.0. The van der Waals surface area contributed by atoms with Crippen LogP contribution in [0, 0.1) is 0 Å². The molecule has 0 saturated carbocycles. The molecule has 0 aliphatic heterocycles. The van der Waals surface area contributed by atoms with Crippen LogP contribution in [-0.2, 0) is 0 Å². The summed E-state index contributed by atoms with van der Waals surface area (Å²) in [4.78, 5) is 11.8. The summed E-state index contributed by atoms with van der Waals surface area (Å²) in [6.45, 7) is 0. The number of hydrogen-bond donors (Lipinski definition) is 1. The Hall–Kier alpha value is -0.780. The molecule has 1 heterocycles. The van der Waals surface area contributed by atoms with Crippen molar-refractivity contribution in [2.45, 2.75) is 9.10 Å². The number of aromatic carboxylic acids is 1. The fourth-order valence-corrected chi connectivity index (χ4v) is 4.10. The van der Waals surface area contributed by atoms with E-state index >= 15 is 0 Å². The first-order valence-electron chi connectivity index (χ1n) is 4.42. The molecule has 0 saturated heterocycles. The van der Waals surface area contributed by atoms with Crippen LogP contribution in [0.5, 0.6) is 0 Å². The molecule has 1 N–H and O–H groups in total. The molecule has 16 heavy (non-hydrogen) atoms. The van der Waals surface area contributed by atoms with Crippen molar-refractivity contribution in [1.29, 1.82) is 0 Å². The Bertz CT molecular complexity index is 522. The Morgan fingerprint density at radius 3 is 2.62 bits per heavy atom. The van der Waals surface area contributed by atoms with Crippen molar-refractivity contribution < 1.29 is 9.90 Å². The molecule has 0 bridgehead atoms. The highest BCUT2D eigenvalue weighted by atomic mass is 79.9. The zero-order valence-electron chi connectivity index (χ0n) is 8.01. The minimum atomic E-state index is -0.890. The summed E-state index contributed by atoms with van der Waals surface area (Å²) < 4.78 is 2.11. The Kier molecular flexibility index (Phi) is 3.68. The van der Waals surface area contributed by atoms with E-state index < -0.39 is 5.97 Å². The molecule has 0 radical (unpaired) electrons. The number of carboxylic acids is 1. The largest absolute Gasteiger partial charge is 0.478 e. The van der Waals surface area contributed by atoms with Crippen molar-refractivity contribution in [3.63, 3.8) is 0 Å². The van der Waals surface area contributed by atoms with Gasteiger partial charge in [-0.15, -0.1) is 11.3 Å². The standard InChI is InChI=1S/C11H7BrO2S2/c12-9-5-6-10(16-9)15-8-4-2-1-3-7(8)11(13)14/h1-6H,(H,13,14). The van der Waals surface area contributed by atoms with Crippen LogP contribution in [0.4, 0.5) is 0 Å². The first-order chi connectivity index (χ1) is 7.66. The molecule has 1 aromatic carbocycles. The molecule has 2 rings (SSSR count). The van der Waals surface area contributed by atoms with E-state index in [1.165, 1.54) is 11.8 Å². The molecule has 0 amide bonds. The molecule has 2 aromatic rings. The quantitative estimate of drug-likeness (QED) is 0.914. The fraction of sp³-hybridized carbons (Fsp3) is 0. The predicted molar refractivity (Wildman–Crippen MR) is 69.5 cm³/mol. The van der Waals surface area contributed by atoms with Gasteiger partial charge in [-0.05, 0) is 40.2 Å². The topological polar surface area (TPSA) is 37.3 Å². The van der Waals surface area contributed by atoms with Crippen LogP contribution in [0.25, 0.3) is 0 Å². The molecule has 1 aromatic heterocycles. The van der Waals surface area contributed by atoms with Gasteiger partial charge in [0.15, 0.2) is 0 Å². The van der Waals surface area contributed by atoms with Gasteiger partial charge in [-0.1, -0.05) is 23.9 Å². The van der Waals surface area contributed by atoms with Crippen LogP contribution in [0.1, 0.15) is 10.4 Å². The fourth-order valence-electron chi connectivity index (χ4n) is 1.19. The maximum atomic E-state index is 11.0. The Balaban J connectivity index is 2.31. The molecule has 0 spiro atoms. The second-order valence-corrected chi connectivity index (χ2v) is 6.77. The summed E-state index contributed by atoms with van der Waals surface area (Å²) in [5.41, 5.74) is 0.344. The minimum Gasteiger partial charge on any atom is -0.478 e. The van der Waals surface area contributed by atoms with E-state index in [0.29, 0.717) is 5.56 Å². The summed E-state index contributed by atoms with van der Waals surface area (Å²) >= 11 is 6.44. The van der Waals surface area contributed by atoms with E-state index in [4.69, 9.17) is 5.11 Å². The smallest absolute Gasteiger partial charge is 0.336 e. The molecule has 5 heteroatoms. The van der Waals surface area contributed by atoms with Crippen molar-refractivity contribution in [2.24, 2.45) is 0 Å². The Morgan fingerprint density at radius 2 is 2.00 bits per heavy atom. The van der Waals surface area contributed by atoms with E-state index in [1.807, 2.05) is 24.3 Å². The van der Waals surface area contributed by atoms with E-state index in [1.54, 1.807) is 23.5 Å². The second-order valence-electron chi connectivity index (χ2n) is 2.96. The molecule has 0 aliphatic rings. The average Bonchev–Trinajstić information content (AvgIpc) is 2.64. The summed E-state index contributed by atoms with van der Waals surface area (Å²) in [6.07, 6.45) is 0. The predicted octanol–water partition coefficient (Wildman–Crippen LogP) is 4.36. The molecule has 82 valence electrons. The van der Waals surface area contributed by atoms with Crippen LogP contribution in [0.2, 0.25) is 0 Å². The van der Waals surface area contributed by atoms with Gasteiger partial charge in [0.1, 0.15) is 0 Å². The lowest BCUT2D eigenvalue weighted by atomic mass is 10.2. The van der Waals surface area contributed by atoms with Gasteiger partial charge in [-0.2, -0.15) is 0 Å². The molecule has 0 fully saturated rings. The molecule has 2 nitrogen and oxygen atoms in total. The maximum Gasteiger partial charge on any atom is 0.336 e. The third-order valence-electron chi connectivity index (χ3n) is 1.88.